The Morgan fingerprint density at radius 2 is 1.44 bits per heavy atom. The van der Waals surface area contributed by atoms with Gasteiger partial charge in [0.2, 0.25) is 11.5 Å². The monoisotopic (exact) mass is 365 g/mol. The average Bonchev–Trinajstić information content (AvgIpc) is 3.26. The molecule has 0 aromatic heterocycles. The summed E-state index contributed by atoms with van der Waals surface area (Å²) >= 11 is 0. The normalized spacial score (nSPS) is 26.4. The summed E-state index contributed by atoms with van der Waals surface area (Å²) in [5.41, 5.74) is -0.195. The highest BCUT2D eigenvalue weighted by Gasteiger charge is 2.80. The molecule has 2 aliphatic rings. The van der Waals surface area contributed by atoms with Crippen molar-refractivity contribution < 1.29 is 14.6 Å². The third-order valence-electron chi connectivity index (χ3n) is 5.49. The van der Waals surface area contributed by atoms with E-state index in [1.165, 1.54) is 0 Å². The van der Waals surface area contributed by atoms with Crippen molar-refractivity contribution in [2.45, 2.75) is 50.5 Å². The number of aliphatic imine (C=N–C) groups is 1. The summed E-state index contributed by atoms with van der Waals surface area (Å²) in [5.74, 6) is 0.482. The molecule has 1 saturated heterocycles. The Hall–Kier alpha value is -2.17. The van der Waals surface area contributed by atoms with E-state index in [0.717, 1.165) is 11.1 Å². The fourth-order valence-electron chi connectivity index (χ4n) is 4.11. The minimum absolute atomic E-state index is 0.0192. The molecule has 0 bridgehead atoms. The van der Waals surface area contributed by atoms with E-state index in [4.69, 9.17) is 14.5 Å². The van der Waals surface area contributed by atoms with E-state index >= 15 is 0 Å². The van der Waals surface area contributed by atoms with Gasteiger partial charge in [-0.1, -0.05) is 74.5 Å². The second kappa shape index (κ2) is 6.18. The van der Waals surface area contributed by atoms with Crippen LogP contribution in [0.25, 0.3) is 0 Å². The molecule has 0 unspecified atom stereocenters. The van der Waals surface area contributed by atoms with Crippen LogP contribution in [0.15, 0.2) is 65.7 Å². The zero-order valence-electron chi connectivity index (χ0n) is 16.3. The Bertz CT molecular complexity index is 805. The Morgan fingerprint density at radius 1 is 0.926 bits per heavy atom. The molecule has 1 fully saturated rings. The quantitative estimate of drug-likeness (QED) is 0.817. The van der Waals surface area contributed by atoms with Gasteiger partial charge in [0.05, 0.1) is 11.6 Å². The van der Waals surface area contributed by atoms with Gasteiger partial charge in [0.1, 0.15) is 6.61 Å². The van der Waals surface area contributed by atoms with E-state index in [1.807, 2.05) is 88.4 Å². The summed E-state index contributed by atoms with van der Waals surface area (Å²) in [6.07, 6.45) is -0.759. The minimum atomic E-state index is -1.03. The second-order valence-electron chi connectivity index (χ2n) is 8.46. The molecule has 0 spiro atoms. The smallest absolute Gasteiger partial charge is 0.224 e. The van der Waals surface area contributed by atoms with Crippen LogP contribution in [0.1, 0.15) is 38.8 Å². The summed E-state index contributed by atoms with van der Waals surface area (Å²) < 4.78 is 12.6. The fraction of sp³-hybridized carbons (Fsp3) is 0.435. The van der Waals surface area contributed by atoms with Crippen molar-refractivity contribution in [2.75, 3.05) is 6.61 Å². The molecular formula is C23H27NO3. The topological polar surface area (TPSA) is 54.4 Å². The van der Waals surface area contributed by atoms with E-state index in [1.54, 1.807) is 0 Å². The van der Waals surface area contributed by atoms with Crippen molar-refractivity contribution in [3.05, 3.63) is 71.8 Å². The predicted molar refractivity (Wildman–Crippen MR) is 106 cm³/mol. The maximum absolute atomic E-state index is 11.3. The van der Waals surface area contributed by atoms with Gasteiger partial charge in [0.15, 0.2) is 5.60 Å². The molecule has 2 aromatic rings. The van der Waals surface area contributed by atoms with Crippen molar-refractivity contribution >= 4 is 5.90 Å². The third-order valence-corrected chi connectivity index (χ3v) is 5.49. The van der Waals surface area contributed by atoms with Crippen molar-refractivity contribution in [2.24, 2.45) is 10.9 Å². The Kier molecular flexibility index (Phi) is 4.17. The largest absolute Gasteiger partial charge is 0.476 e. The number of rotatable bonds is 5. The van der Waals surface area contributed by atoms with Crippen molar-refractivity contribution in [3.63, 3.8) is 0 Å². The van der Waals surface area contributed by atoms with Crippen LogP contribution >= 0.6 is 0 Å². The highest BCUT2D eigenvalue weighted by atomic mass is 16.7. The molecule has 27 heavy (non-hydrogen) atoms. The van der Waals surface area contributed by atoms with Gasteiger partial charge in [0.25, 0.3) is 0 Å². The first-order chi connectivity index (χ1) is 12.8. The Labute approximate surface area is 160 Å². The van der Waals surface area contributed by atoms with Gasteiger partial charge in [-0.25, -0.2) is 4.99 Å². The van der Waals surface area contributed by atoms with E-state index in [9.17, 15) is 5.11 Å². The number of aliphatic hydroxyl groups excluding tert-OH is 1. The van der Waals surface area contributed by atoms with Gasteiger partial charge < -0.3 is 14.6 Å². The van der Waals surface area contributed by atoms with Crippen LogP contribution in [0.2, 0.25) is 0 Å². The molecule has 2 aromatic carbocycles. The van der Waals surface area contributed by atoms with Crippen LogP contribution in [0.5, 0.6) is 0 Å². The summed E-state index contributed by atoms with van der Waals surface area (Å²) in [5, 5.41) is 11.3. The van der Waals surface area contributed by atoms with Crippen molar-refractivity contribution in [3.8, 4) is 0 Å². The summed E-state index contributed by atoms with van der Waals surface area (Å²) in [6.45, 7) is 8.54. The summed E-state index contributed by atoms with van der Waals surface area (Å²) in [6, 6.07) is 20.1. The average molecular weight is 365 g/mol. The number of benzene rings is 2. The molecule has 1 N–H and O–H groups in total. The van der Waals surface area contributed by atoms with Crippen LogP contribution in [0.3, 0.4) is 0 Å². The fourth-order valence-corrected chi connectivity index (χ4v) is 4.11. The van der Waals surface area contributed by atoms with Gasteiger partial charge in [-0.2, -0.15) is 0 Å². The SMILES string of the molecule is CC(C)[C@@H](O)[C@]1(C2=NC(C)(C)CO2)OC1(c1ccccc1)c1ccccc1. The van der Waals surface area contributed by atoms with Gasteiger partial charge in [-0.15, -0.1) is 0 Å². The molecular weight excluding hydrogens is 338 g/mol. The molecule has 2 heterocycles. The zero-order chi connectivity index (χ0) is 19.3. The summed E-state index contributed by atoms with van der Waals surface area (Å²) in [7, 11) is 0. The van der Waals surface area contributed by atoms with Crippen LogP contribution in [-0.2, 0) is 15.1 Å². The number of ether oxygens (including phenoxy) is 2. The van der Waals surface area contributed by atoms with Crippen LogP contribution in [0, 0.1) is 5.92 Å². The lowest BCUT2D eigenvalue weighted by molar-refractivity contribution is 0.0587. The molecule has 4 rings (SSSR count). The molecule has 0 amide bonds. The standard InChI is InChI=1S/C23H27NO3/c1-16(2)19(25)23(20-24-21(3,4)15-26-20)22(27-23,17-11-7-5-8-12-17)18-13-9-6-10-14-18/h5-14,16,19,25H,15H2,1-4H3/t19-,23-/m1/s1. The minimum Gasteiger partial charge on any atom is -0.476 e. The van der Waals surface area contributed by atoms with E-state index < -0.39 is 17.3 Å². The Balaban J connectivity index is 1.95. The highest BCUT2D eigenvalue weighted by Crippen LogP contribution is 2.64. The lowest BCUT2D eigenvalue weighted by atomic mass is 9.75. The van der Waals surface area contributed by atoms with Crippen LogP contribution < -0.4 is 0 Å². The molecule has 0 radical (unpaired) electrons. The van der Waals surface area contributed by atoms with Gasteiger partial charge >= 0.3 is 0 Å². The first-order valence-electron chi connectivity index (χ1n) is 9.56. The predicted octanol–water partition coefficient (Wildman–Crippen LogP) is 3.92. The molecule has 2 atom stereocenters. The van der Waals surface area contributed by atoms with Gasteiger partial charge in [0, 0.05) is 0 Å². The van der Waals surface area contributed by atoms with Gasteiger partial charge in [-0.05, 0) is 30.9 Å². The van der Waals surface area contributed by atoms with E-state index in [-0.39, 0.29) is 11.5 Å². The molecule has 4 heteroatoms. The van der Waals surface area contributed by atoms with Gasteiger partial charge in [-0.3, -0.25) is 0 Å². The first kappa shape index (κ1) is 18.2. The first-order valence-corrected chi connectivity index (χ1v) is 9.56. The second-order valence-corrected chi connectivity index (χ2v) is 8.46. The van der Waals surface area contributed by atoms with Crippen molar-refractivity contribution in [1.29, 1.82) is 0 Å². The number of nitrogens with zero attached hydrogens (tertiary/aromatic N) is 1. The molecule has 4 nitrogen and oxygen atoms in total. The maximum Gasteiger partial charge on any atom is 0.224 e. The number of hydrogen-bond donors (Lipinski definition) is 1. The highest BCUT2D eigenvalue weighted by molar-refractivity contribution is 5.94. The Morgan fingerprint density at radius 3 is 1.85 bits per heavy atom. The molecule has 0 aliphatic carbocycles. The number of epoxide rings is 1. The lowest BCUT2D eigenvalue weighted by Gasteiger charge is -2.27. The summed E-state index contributed by atoms with van der Waals surface area (Å²) in [4.78, 5) is 4.81. The van der Waals surface area contributed by atoms with Crippen LogP contribution in [-0.4, -0.2) is 34.9 Å². The number of aliphatic hydroxyl groups is 1. The van der Waals surface area contributed by atoms with Crippen molar-refractivity contribution in [1.82, 2.24) is 0 Å². The van der Waals surface area contributed by atoms with E-state index in [0.29, 0.717) is 12.5 Å². The number of hydrogen-bond acceptors (Lipinski definition) is 4. The molecule has 0 saturated carbocycles. The molecule has 2 aliphatic heterocycles. The zero-order valence-corrected chi connectivity index (χ0v) is 16.3. The van der Waals surface area contributed by atoms with Crippen LogP contribution in [0.4, 0.5) is 0 Å². The van der Waals surface area contributed by atoms with E-state index in [2.05, 4.69) is 0 Å². The lowest BCUT2D eigenvalue weighted by Crippen LogP contribution is -2.47. The third kappa shape index (κ3) is 2.62. The molecule has 142 valence electrons. The maximum atomic E-state index is 11.3.